The van der Waals surface area contributed by atoms with Crippen molar-refractivity contribution in [2.24, 2.45) is 0 Å². The second-order valence-electron chi connectivity index (χ2n) is 3.85. The number of para-hydroxylation sites is 1. The minimum atomic E-state index is 0.438. The van der Waals surface area contributed by atoms with Gasteiger partial charge in [-0.2, -0.15) is 0 Å². The van der Waals surface area contributed by atoms with E-state index >= 15 is 0 Å². The average molecular weight is 283 g/mol. The van der Waals surface area contributed by atoms with E-state index in [2.05, 4.69) is 15.3 Å². The van der Waals surface area contributed by atoms with Gasteiger partial charge in [0.1, 0.15) is 17.5 Å². The smallest absolute Gasteiger partial charge is 0.139 e. The Morgan fingerprint density at radius 2 is 1.72 bits per heavy atom. The van der Waals surface area contributed by atoms with Crippen molar-refractivity contribution in [3.63, 3.8) is 0 Å². The summed E-state index contributed by atoms with van der Waals surface area (Å²) in [5, 5.41) is 4.14. The summed E-state index contributed by atoms with van der Waals surface area (Å²) in [6.45, 7) is 3.61. The number of halogens is 2. The van der Waals surface area contributed by atoms with Gasteiger partial charge < -0.3 is 11.1 Å². The zero-order valence-corrected chi connectivity index (χ0v) is 11.5. The van der Waals surface area contributed by atoms with E-state index in [0.29, 0.717) is 33.2 Å². The van der Waals surface area contributed by atoms with Gasteiger partial charge in [-0.3, -0.25) is 0 Å². The Morgan fingerprint density at radius 3 is 2.33 bits per heavy atom. The molecule has 0 aliphatic rings. The highest BCUT2D eigenvalue weighted by atomic mass is 35.5. The van der Waals surface area contributed by atoms with Crippen LogP contribution in [0.3, 0.4) is 0 Å². The van der Waals surface area contributed by atoms with Crippen LogP contribution in [0, 0.1) is 13.8 Å². The summed E-state index contributed by atoms with van der Waals surface area (Å²) in [5.41, 5.74) is 7.17. The standard InChI is InChI=1S/C12H12Cl2N4/c1-6-11(15)16-7(2)17-12(6)18-10-8(13)4-3-5-9(10)14/h3-5H,1-2H3,(H3,15,16,17,18). The van der Waals surface area contributed by atoms with Gasteiger partial charge >= 0.3 is 0 Å². The summed E-state index contributed by atoms with van der Waals surface area (Å²) < 4.78 is 0. The number of rotatable bonds is 2. The molecular formula is C12H12Cl2N4. The van der Waals surface area contributed by atoms with E-state index in [9.17, 15) is 0 Å². The van der Waals surface area contributed by atoms with Crippen LogP contribution in [0.25, 0.3) is 0 Å². The maximum absolute atomic E-state index is 6.09. The molecule has 1 aromatic carbocycles. The van der Waals surface area contributed by atoms with Gasteiger partial charge in [-0.1, -0.05) is 29.3 Å². The van der Waals surface area contributed by atoms with Crippen LogP contribution in [0.5, 0.6) is 0 Å². The van der Waals surface area contributed by atoms with E-state index in [0.717, 1.165) is 5.56 Å². The fourth-order valence-electron chi connectivity index (χ4n) is 1.51. The molecule has 6 heteroatoms. The third kappa shape index (κ3) is 2.49. The average Bonchev–Trinajstić information content (AvgIpc) is 2.30. The van der Waals surface area contributed by atoms with E-state index < -0.39 is 0 Å². The quantitative estimate of drug-likeness (QED) is 0.881. The Hall–Kier alpha value is -1.52. The first-order valence-corrected chi connectivity index (χ1v) is 6.06. The second kappa shape index (κ2) is 5.00. The monoisotopic (exact) mass is 282 g/mol. The number of benzene rings is 1. The molecule has 0 bridgehead atoms. The molecule has 0 fully saturated rings. The van der Waals surface area contributed by atoms with Gasteiger partial charge in [-0.15, -0.1) is 0 Å². The Bertz CT molecular complexity index is 579. The molecule has 1 aromatic heterocycles. The van der Waals surface area contributed by atoms with E-state index in [1.54, 1.807) is 25.1 Å². The molecule has 4 nitrogen and oxygen atoms in total. The third-order valence-corrected chi connectivity index (χ3v) is 3.13. The van der Waals surface area contributed by atoms with Crippen molar-refractivity contribution < 1.29 is 0 Å². The predicted molar refractivity (Wildman–Crippen MR) is 75.7 cm³/mol. The normalized spacial score (nSPS) is 10.4. The number of nitrogens with one attached hydrogen (secondary N) is 1. The van der Waals surface area contributed by atoms with Crippen molar-refractivity contribution in [2.45, 2.75) is 13.8 Å². The van der Waals surface area contributed by atoms with E-state index in [1.165, 1.54) is 0 Å². The zero-order valence-electron chi connectivity index (χ0n) is 9.96. The predicted octanol–water partition coefficient (Wildman–Crippen LogP) is 3.73. The van der Waals surface area contributed by atoms with Crippen LogP contribution in [0.2, 0.25) is 10.0 Å². The summed E-state index contributed by atoms with van der Waals surface area (Å²) >= 11 is 12.2. The molecule has 1 heterocycles. The van der Waals surface area contributed by atoms with Gasteiger partial charge in [0, 0.05) is 5.56 Å². The van der Waals surface area contributed by atoms with E-state index in [1.807, 2.05) is 6.92 Å². The molecule has 94 valence electrons. The molecule has 0 atom stereocenters. The number of nitrogen functional groups attached to an aromatic ring is 1. The van der Waals surface area contributed by atoms with Gasteiger partial charge in [0.25, 0.3) is 0 Å². The van der Waals surface area contributed by atoms with Gasteiger partial charge in [0.05, 0.1) is 15.7 Å². The van der Waals surface area contributed by atoms with Crippen molar-refractivity contribution >= 4 is 40.5 Å². The molecule has 0 aliphatic heterocycles. The molecule has 3 N–H and O–H groups in total. The van der Waals surface area contributed by atoms with Gasteiger partial charge in [0.2, 0.25) is 0 Å². The number of nitrogens with two attached hydrogens (primary N) is 1. The highest BCUT2D eigenvalue weighted by Crippen LogP contribution is 2.33. The maximum Gasteiger partial charge on any atom is 0.139 e. The fraction of sp³-hybridized carbons (Fsp3) is 0.167. The SMILES string of the molecule is Cc1nc(N)c(C)c(Nc2c(Cl)cccc2Cl)n1. The number of anilines is 3. The third-order valence-electron chi connectivity index (χ3n) is 2.50. The lowest BCUT2D eigenvalue weighted by atomic mass is 10.2. The molecule has 2 aromatic rings. The van der Waals surface area contributed by atoms with Crippen molar-refractivity contribution in [2.75, 3.05) is 11.1 Å². The van der Waals surface area contributed by atoms with Crippen LogP contribution < -0.4 is 11.1 Å². The van der Waals surface area contributed by atoms with Crippen LogP contribution in [-0.4, -0.2) is 9.97 Å². The number of aryl methyl sites for hydroxylation is 1. The number of hydrogen-bond donors (Lipinski definition) is 2. The van der Waals surface area contributed by atoms with Gasteiger partial charge in [-0.25, -0.2) is 9.97 Å². The molecule has 0 amide bonds. The van der Waals surface area contributed by atoms with Gasteiger partial charge in [-0.05, 0) is 26.0 Å². The molecule has 2 rings (SSSR count). The van der Waals surface area contributed by atoms with Crippen LogP contribution in [0.4, 0.5) is 17.3 Å². The second-order valence-corrected chi connectivity index (χ2v) is 4.67. The summed E-state index contributed by atoms with van der Waals surface area (Å²) in [7, 11) is 0. The summed E-state index contributed by atoms with van der Waals surface area (Å²) in [5.74, 6) is 1.63. The number of hydrogen-bond acceptors (Lipinski definition) is 4. The number of nitrogens with zero attached hydrogens (tertiary/aromatic N) is 2. The lowest BCUT2D eigenvalue weighted by molar-refractivity contribution is 1.04. The topological polar surface area (TPSA) is 63.8 Å². The highest BCUT2D eigenvalue weighted by Gasteiger charge is 2.11. The van der Waals surface area contributed by atoms with E-state index in [4.69, 9.17) is 28.9 Å². The Morgan fingerprint density at radius 1 is 1.11 bits per heavy atom. The van der Waals surface area contributed by atoms with Crippen LogP contribution in [-0.2, 0) is 0 Å². The minimum Gasteiger partial charge on any atom is -0.383 e. The Labute approximate surface area is 115 Å². The van der Waals surface area contributed by atoms with Crippen LogP contribution in [0.1, 0.15) is 11.4 Å². The lowest BCUT2D eigenvalue weighted by Gasteiger charge is -2.13. The first-order valence-electron chi connectivity index (χ1n) is 5.31. The lowest BCUT2D eigenvalue weighted by Crippen LogP contribution is -2.05. The molecule has 0 unspecified atom stereocenters. The molecule has 0 saturated heterocycles. The minimum absolute atomic E-state index is 0.438. The fourth-order valence-corrected chi connectivity index (χ4v) is 2.00. The zero-order chi connectivity index (χ0) is 13.3. The summed E-state index contributed by atoms with van der Waals surface area (Å²) in [4.78, 5) is 8.37. The first kappa shape index (κ1) is 12.9. The van der Waals surface area contributed by atoms with Crippen molar-refractivity contribution in [1.82, 2.24) is 9.97 Å². The molecule has 0 radical (unpaired) electrons. The van der Waals surface area contributed by atoms with Crippen molar-refractivity contribution in [3.8, 4) is 0 Å². The molecule has 0 aliphatic carbocycles. The Kier molecular flexibility index (Phi) is 3.59. The molecular weight excluding hydrogens is 271 g/mol. The Balaban J connectivity index is 2.46. The van der Waals surface area contributed by atoms with Crippen LogP contribution >= 0.6 is 23.2 Å². The number of aromatic nitrogens is 2. The van der Waals surface area contributed by atoms with Crippen molar-refractivity contribution in [3.05, 3.63) is 39.6 Å². The highest BCUT2D eigenvalue weighted by molar-refractivity contribution is 6.39. The molecule has 0 saturated carbocycles. The summed E-state index contributed by atoms with van der Waals surface area (Å²) in [6, 6.07) is 5.29. The molecule has 18 heavy (non-hydrogen) atoms. The largest absolute Gasteiger partial charge is 0.383 e. The summed E-state index contributed by atoms with van der Waals surface area (Å²) in [6.07, 6.45) is 0. The maximum atomic E-state index is 6.09. The van der Waals surface area contributed by atoms with Crippen molar-refractivity contribution in [1.29, 1.82) is 0 Å². The van der Waals surface area contributed by atoms with Gasteiger partial charge in [0.15, 0.2) is 0 Å². The first-order chi connectivity index (χ1) is 8.49. The van der Waals surface area contributed by atoms with Crippen LogP contribution in [0.15, 0.2) is 18.2 Å². The van der Waals surface area contributed by atoms with E-state index in [-0.39, 0.29) is 0 Å². The molecule has 0 spiro atoms.